The topological polar surface area (TPSA) is 18.5 Å². The van der Waals surface area contributed by atoms with Crippen molar-refractivity contribution in [3.63, 3.8) is 0 Å². The van der Waals surface area contributed by atoms with Gasteiger partial charge in [-0.05, 0) is 40.8 Å². The zero-order chi connectivity index (χ0) is 13.9. The quantitative estimate of drug-likeness (QED) is 0.792. The first-order valence-corrected chi connectivity index (χ1v) is 8.16. The van der Waals surface area contributed by atoms with Crippen LogP contribution >= 0.6 is 0 Å². The summed E-state index contributed by atoms with van der Waals surface area (Å²) in [6.45, 7) is 8.40. The van der Waals surface area contributed by atoms with Crippen LogP contribution in [-0.2, 0) is 0 Å². The van der Waals surface area contributed by atoms with Gasteiger partial charge in [0, 0.05) is 37.3 Å². The van der Waals surface area contributed by atoms with E-state index < -0.39 is 0 Å². The molecule has 112 valence electrons. The molecule has 1 saturated carbocycles. The Hall–Kier alpha value is -0.120. The van der Waals surface area contributed by atoms with Crippen LogP contribution in [0.4, 0.5) is 0 Å². The number of hydrogen-bond acceptors (Lipinski definition) is 3. The van der Waals surface area contributed by atoms with E-state index in [1.54, 1.807) is 0 Å². The number of piperazine rings is 1. The monoisotopic (exact) mass is 267 g/mol. The largest absolute Gasteiger partial charge is 0.318 e. The Morgan fingerprint density at radius 1 is 1.11 bits per heavy atom. The minimum absolute atomic E-state index is 0.327. The van der Waals surface area contributed by atoms with E-state index in [-0.39, 0.29) is 0 Å². The molecule has 1 aliphatic carbocycles. The summed E-state index contributed by atoms with van der Waals surface area (Å²) in [7, 11) is 4.36. The van der Waals surface area contributed by atoms with Gasteiger partial charge in [0.2, 0.25) is 0 Å². The van der Waals surface area contributed by atoms with Gasteiger partial charge < -0.3 is 5.32 Å². The molecule has 0 amide bonds. The highest BCUT2D eigenvalue weighted by Gasteiger charge is 2.40. The van der Waals surface area contributed by atoms with Gasteiger partial charge in [-0.15, -0.1) is 0 Å². The first-order valence-electron chi connectivity index (χ1n) is 8.16. The molecule has 3 heteroatoms. The molecule has 0 radical (unpaired) electrons. The van der Waals surface area contributed by atoms with Gasteiger partial charge in [-0.3, -0.25) is 9.80 Å². The van der Waals surface area contributed by atoms with Crippen LogP contribution < -0.4 is 5.32 Å². The molecule has 1 aliphatic heterocycles. The summed E-state index contributed by atoms with van der Waals surface area (Å²) in [5, 5.41) is 3.36. The van der Waals surface area contributed by atoms with Gasteiger partial charge in [-0.25, -0.2) is 0 Å². The maximum Gasteiger partial charge on any atom is 0.0345 e. The van der Waals surface area contributed by atoms with Crippen LogP contribution in [0.2, 0.25) is 0 Å². The first-order chi connectivity index (χ1) is 9.04. The normalized spacial score (nSPS) is 31.3. The van der Waals surface area contributed by atoms with Crippen molar-refractivity contribution < 1.29 is 0 Å². The highest BCUT2D eigenvalue weighted by Crippen LogP contribution is 2.31. The van der Waals surface area contributed by atoms with Gasteiger partial charge in [0.1, 0.15) is 0 Å². The van der Waals surface area contributed by atoms with Crippen LogP contribution in [0.3, 0.4) is 0 Å². The average Bonchev–Trinajstić information content (AvgIpc) is 2.60. The second kappa shape index (κ2) is 6.55. The van der Waals surface area contributed by atoms with E-state index in [0.717, 1.165) is 12.6 Å². The SMILES string of the molecule is CNCC1CN(C2CCCCCC2)C(C)(C)CN1C. The standard InChI is InChI=1S/C16H33N3/c1-16(2)13-18(4)15(11-17-3)12-19(16)14-9-7-5-6-8-10-14/h14-15,17H,5-13H2,1-4H3. The molecule has 0 aromatic carbocycles. The zero-order valence-electron chi connectivity index (χ0n) is 13.4. The van der Waals surface area contributed by atoms with Gasteiger partial charge in [0.05, 0.1) is 0 Å². The Morgan fingerprint density at radius 2 is 1.74 bits per heavy atom. The Morgan fingerprint density at radius 3 is 2.32 bits per heavy atom. The molecule has 0 spiro atoms. The van der Waals surface area contributed by atoms with Crippen LogP contribution in [-0.4, -0.2) is 61.2 Å². The fourth-order valence-corrected chi connectivity index (χ4v) is 4.11. The Labute approximate surface area is 119 Å². The van der Waals surface area contributed by atoms with Crippen molar-refractivity contribution >= 4 is 0 Å². The molecule has 2 rings (SSSR count). The Bertz CT molecular complexity index is 269. The number of hydrogen-bond donors (Lipinski definition) is 1. The first kappa shape index (κ1) is 15.3. The van der Waals surface area contributed by atoms with Crippen molar-refractivity contribution in [1.82, 2.24) is 15.1 Å². The molecule has 1 N–H and O–H groups in total. The summed E-state index contributed by atoms with van der Waals surface area (Å²) in [5.41, 5.74) is 0.327. The van der Waals surface area contributed by atoms with E-state index in [1.807, 2.05) is 0 Å². The second-order valence-corrected chi connectivity index (χ2v) is 7.24. The van der Waals surface area contributed by atoms with E-state index in [9.17, 15) is 0 Å². The Balaban J connectivity index is 2.06. The van der Waals surface area contributed by atoms with E-state index in [4.69, 9.17) is 0 Å². The smallest absolute Gasteiger partial charge is 0.0345 e. The number of nitrogens with one attached hydrogen (secondary N) is 1. The Kier molecular flexibility index (Phi) is 5.27. The van der Waals surface area contributed by atoms with Gasteiger partial charge in [-0.2, -0.15) is 0 Å². The number of likely N-dealkylation sites (N-methyl/N-ethyl adjacent to an activating group) is 2. The second-order valence-electron chi connectivity index (χ2n) is 7.24. The molecular weight excluding hydrogens is 234 g/mol. The fourth-order valence-electron chi connectivity index (χ4n) is 4.11. The van der Waals surface area contributed by atoms with Crippen molar-refractivity contribution in [2.45, 2.75) is 70.0 Å². The molecule has 1 unspecified atom stereocenters. The van der Waals surface area contributed by atoms with Crippen molar-refractivity contribution in [2.75, 3.05) is 33.7 Å². The minimum Gasteiger partial charge on any atom is -0.318 e. The summed E-state index contributed by atoms with van der Waals surface area (Å²) < 4.78 is 0. The minimum atomic E-state index is 0.327. The van der Waals surface area contributed by atoms with Crippen LogP contribution in [0.15, 0.2) is 0 Å². The van der Waals surface area contributed by atoms with E-state index in [2.05, 4.69) is 43.1 Å². The van der Waals surface area contributed by atoms with Gasteiger partial charge in [0.25, 0.3) is 0 Å². The van der Waals surface area contributed by atoms with E-state index in [1.165, 1.54) is 51.6 Å². The maximum atomic E-state index is 3.36. The molecule has 0 aromatic heterocycles. The van der Waals surface area contributed by atoms with Gasteiger partial charge in [-0.1, -0.05) is 25.7 Å². The third kappa shape index (κ3) is 3.71. The predicted molar refractivity (Wildman–Crippen MR) is 82.6 cm³/mol. The van der Waals surface area contributed by atoms with Gasteiger partial charge >= 0.3 is 0 Å². The van der Waals surface area contributed by atoms with Crippen LogP contribution in [0, 0.1) is 0 Å². The lowest BCUT2D eigenvalue weighted by molar-refractivity contribution is -0.0356. The maximum absolute atomic E-state index is 3.36. The zero-order valence-corrected chi connectivity index (χ0v) is 13.4. The molecule has 2 fully saturated rings. The highest BCUT2D eigenvalue weighted by atomic mass is 15.3. The third-order valence-electron chi connectivity index (χ3n) is 5.15. The summed E-state index contributed by atoms with van der Waals surface area (Å²) in [6, 6.07) is 1.49. The lowest BCUT2D eigenvalue weighted by Gasteiger charge is -2.53. The summed E-state index contributed by atoms with van der Waals surface area (Å²) in [6.07, 6.45) is 8.60. The predicted octanol–water partition coefficient (Wildman–Crippen LogP) is 2.32. The van der Waals surface area contributed by atoms with Crippen molar-refractivity contribution in [2.24, 2.45) is 0 Å². The van der Waals surface area contributed by atoms with Gasteiger partial charge in [0.15, 0.2) is 0 Å². The van der Waals surface area contributed by atoms with Crippen LogP contribution in [0.25, 0.3) is 0 Å². The highest BCUT2D eigenvalue weighted by molar-refractivity contribution is 4.97. The van der Waals surface area contributed by atoms with Crippen molar-refractivity contribution in [3.05, 3.63) is 0 Å². The molecule has 0 bridgehead atoms. The molecule has 1 saturated heterocycles. The number of nitrogens with zero attached hydrogens (tertiary/aromatic N) is 2. The van der Waals surface area contributed by atoms with Crippen LogP contribution in [0.5, 0.6) is 0 Å². The van der Waals surface area contributed by atoms with E-state index >= 15 is 0 Å². The molecule has 2 aliphatic rings. The lowest BCUT2D eigenvalue weighted by Crippen LogP contribution is -2.66. The molecule has 1 heterocycles. The fraction of sp³-hybridized carbons (Fsp3) is 1.00. The summed E-state index contributed by atoms with van der Waals surface area (Å²) >= 11 is 0. The summed E-state index contributed by atoms with van der Waals surface area (Å²) in [5.74, 6) is 0. The summed E-state index contributed by atoms with van der Waals surface area (Å²) in [4.78, 5) is 5.38. The third-order valence-corrected chi connectivity index (χ3v) is 5.15. The van der Waals surface area contributed by atoms with E-state index in [0.29, 0.717) is 11.6 Å². The average molecular weight is 267 g/mol. The molecular formula is C16H33N3. The molecule has 3 nitrogen and oxygen atoms in total. The number of rotatable bonds is 3. The van der Waals surface area contributed by atoms with Crippen molar-refractivity contribution in [1.29, 1.82) is 0 Å². The molecule has 0 aromatic rings. The lowest BCUT2D eigenvalue weighted by atomic mass is 9.91. The van der Waals surface area contributed by atoms with Crippen LogP contribution in [0.1, 0.15) is 52.4 Å². The van der Waals surface area contributed by atoms with Crippen molar-refractivity contribution in [3.8, 4) is 0 Å². The molecule has 19 heavy (non-hydrogen) atoms. The molecule has 1 atom stereocenters.